The molecule has 7 nitrogen and oxygen atoms in total. The summed E-state index contributed by atoms with van der Waals surface area (Å²) in [6, 6.07) is 17.8. The number of ether oxygens (including phenoxy) is 1. The van der Waals surface area contributed by atoms with Crippen LogP contribution in [0.5, 0.6) is 5.75 Å². The Labute approximate surface area is 201 Å². The highest BCUT2D eigenvalue weighted by Crippen LogP contribution is 2.21. The summed E-state index contributed by atoms with van der Waals surface area (Å²) in [5, 5.41) is 2.56. The van der Waals surface area contributed by atoms with Gasteiger partial charge in [0.2, 0.25) is 0 Å². The van der Waals surface area contributed by atoms with Crippen molar-refractivity contribution >= 4 is 23.3 Å². The SMILES string of the molecule is CCC1NN(CCCN2CCN(c3cccc(Cl)c3)CC2)C(=O)N1CCOc1ccccc1. The third kappa shape index (κ3) is 6.31. The van der Waals surface area contributed by atoms with Gasteiger partial charge in [0.15, 0.2) is 0 Å². The van der Waals surface area contributed by atoms with Gasteiger partial charge in [0.25, 0.3) is 0 Å². The number of hydrogen-bond donors (Lipinski definition) is 1. The molecule has 4 rings (SSSR count). The number of rotatable bonds is 10. The molecule has 0 aliphatic carbocycles. The van der Waals surface area contributed by atoms with E-state index in [-0.39, 0.29) is 12.2 Å². The van der Waals surface area contributed by atoms with Gasteiger partial charge in [-0.25, -0.2) is 10.2 Å². The topological polar surface area (TPSA) is 51.3 Å². The van der Waals surface area contributed by atoms with Crippen LogP contribution in [0.1, 0.15) is 19.8 Å². The summed E-state index contributed by atoms with van der Waals surface area (Å²) in [7, 11) is 0. The van der Waals surface area contributed by atoms with Crippen LogP contribution in [0.15, 0.2) is 54.6 Å². The van der Waals surface area contributed by atoms with Gasteiger partial charge >= 0.3 is 6.03 Å². The van der Waals surface area contributed by atoms with Crippen molar-refractivity contribution in [2.75, 3.05) is 57.3 Å². The van der Waals surface area contributed by atoms with Crippen LogP contribution in [0, 0.1) is 0 Å². The van der Waals surface area contributed by atoms with Crippen LogP contribution in [0.2, 0.25) is 5.02 Å². The van der Waals surface area contributed by atoms with Crippen molar-refractivity contribution < 1.29 is 9.53 Å². The lowest BCUT2D eigenvalue weighted by Gasteiger charge is -2.36. The Kier molecular flexibility index (Phi) is 8.31. The third-order valence-corrected chi connectivity index (χ3v) is 6.53. The Balaban J connectivity index is 1.18. The number of piperazine rings is 1. The Morgan fingerprint density at radius 2 is 1.79 bits per heavy atom. The van der Waals surface area contributed by atoms with Crippen LogP contribution in [-0.4, -0.2) is 79.4 Å². The monoisotopic (exact) mass is 471 g/mol. The molecule has 2 saturated heterocycles. The molecule has 2 aliphatic rings. The average molecular weight is 472 g/mol. The molecule has 2 fully saturated rings. The van der Waals surface area contributed by atoms with E-state index >= 15 is 0 Å². The smallest absolute Gasteiger partial charge is 0.335 e. The minimum atomic E-state index is 0.0260. The maximum Gasteiger partial charge on any atom is 0.335 e. The van der Waals surface area contributed by atoms with Crippen LogP contribution < -0.4 is 15.1 Å². The van der Waals surface area contributed by atoms with E-state index in [9.17, 15) is 4.79 Å². The van der Waals surface area contributed by atoms with E-state index in [1.165, 1.54) is 5.69 Å². The number of amides is 2. The number of nitrogens with zero attached hydrogens (tertiary/aromatic N) is 4. The molecule has 2 aliphatic heterocycles. The first-order valence-electron chi connectivity index (χ1n) is 11.9. The molecule has 0 spiro atoms. The molecule has 0 bridgehead atoms. The van der Waals surface area contributed by atoms with Crippen LogP contribution in [0.3, 0.4) is 0 Å². The minimum Gasteiger partial charge on any atom is -0.492 e. The van der Waals surface area contributed by atoms with Gasteiger partial charge in [-0.1, -0.05) is 42.8 Å². The van der Waals surface area contributed by atoms with Crippen LogP contribution >= 0.6 is 11.6 Å². The number of hydrazine groups is 1. The number of benzene rings is 2. The predicted molar refractivity (Wildman–Crippen MR) is 133 cm³/mol. The zero-order chi connectivity index (χ0) is 23.0. The summed E-state index contributed by atoms with van der Waals surface area (Å²) in [5.41, 5.74) is 4.57. The molecule has 1 atom stereocenters. The predicted octanol–water partition coefficient (Wildman–Crippen LogP) is 3.91. The summed E-state index contributed by atoms with van der Waals surface area (Å²) in [6.45, 7) is 8.88. The van der Waals surface area contributed by atoms with Gasteiger partial charge in [-0.2, -0.15) is 0 Å². The quantitative estimate of drug-likeness (QED) is 0.569. The summed E-state index contributed by atoms with van der Waals surface area (Å²) in [4.78, 5) is 19.7. The molecule has 2 heterocycles. The molecule has 0 aromatic heterocycles. The third-order valence-electron chi connectivity index (χ3n) is 6.29. The van der Waals surface area contributed by atoms with Crippen molar-refractivity contribution in [3.8, 4) is 5.75 Å². The van der Waals surface area contributed by atoms with Gasteiger partial charge in [0.05, 0.1) is 6.54 Å². The first-order chi connectivity index (χ1) is 16.1. The number of para-hydroxylation sites is 1. The fraction of sp³-hybridized carbons (Fsp3) is 0.480. The molecule has 33 heavy (non-hydrogen) atoms. The fourth-order valence-corrected chi connectivity index (χ4v) is 4.63. The largest absolute Gasteiger partial charge is 0.492 e. The Hall–Kier alpha value is -2.48. The normalized spacial score (nSPS) is 19.4. The first kappa shape index (κ1) is 23.7. The lowest BCUT2D eigenvalue weighted by atomic mass is 10.2. The molecule has 8 heteroatoms. The number of urea groups is 1. The van der Waals surface area contributed by atoms with Gasteiger partial charge < -0.3 is 14.5 Å². The summed E-state index contributed by atoms with van der Waals surface area (Å²) in [6.07, 6.45) is 1.83. The molecule has 1 unspecified atom stereocenters. The second-order valence-corrected chi connectivity index (χ2v) is 8.94. The molecule has 178 valence electrons. The van der Waals surface area contributed by atoms with E-state index in [0.29, 0.717) is 19.7 Å². The zero-order valence-electron chi connectivity index (χ0n) is 19.3. The average Bonchev–Trinajstić information content (AvgIpc) is 3.15. The van der Waals surface area contributed by atoms with E-state index in [4.69, 9.17) is 16.3 Å². The number of halogens is 1. The van der Waals surface area contributed by atoms with E-state index in [2.05, 4.69) is 28.2 Å². The second kappa shape index (κ2) is 11.6. The molecule has 1 N–H and O–H groups in total. The number of carbonyl (C=O) groups is 1. The van der Waals surface area contributed by atoms with Crippen LogP contribution in [0.4, 0.5) is 10.5 Å². The lowest BCUT2D eigenvalue weighted by molar-refractivity contribution is 0.170. The number of anilines is 1. The van der Waals surface area contributed by atoms with Gasteiger partial charge in [0, 0.05) is 50.0 Å². The van der Waals surface area contributed by atoms with E-state index in [0.717, 1.165) is 56.3 Å². The molecule has 2 amide bonds. The van der Waals surface area contributed by atoms with Gasteiger partial charge in [-0.05, 0) is 43.2 Å². The Morgan fingerprint density at radius 3 is 2.52 bits per heavy atom. The standard InChI is InChI=1S/C25H34ClN5O2/c1-2-24-27-31(25(32)30(24)18-19-33-23-10-4-3-5-11-23)13-7-12-28-14-16-29(17-15-28)22-9-6-8-21(26)20-22/h3-6,8-11,20,24,27H,2,7,12-19H2,1H3. The molecular formula is C25H34ClN5O2. The fourth-order valence-electron chi connectivity index (χ4n) is 4.45. The maximum absolute atomic E-state index is 12.9. The van der Waals surface area contributed by atoms with E-state index in [1.807, 2.05) is 53.4 Å². The van der Waals surface area contributed by atoms with Gasteiger partial charge in [0.1, 0.15) is 18.5 Å². The van der Waals surface area contributed by atoms with Crippen molar-refractivity contribution in [1.82, 2.24) is 20.2 Å². The molecule has 0 radical (unpaired) electrons. The van der Waals surface area contributed by atoms with Crippen molar-refractivity contribution in [3.05, 3.63) is 59.6 Å². The summed E-state index contributed by atoms with van der Waals surface area (Å²) in [5.74, 6) is 0.831. The zero-order valence-corrected chi connectivity index (χ0v) is 20.1. The Morgan fingerprint density at radius 1 is 1.00 bits per heavy atom. The van der Waals surface area contributed by atoms with E-state index < -0.39 is 0 Å². The van der Waals surface area contributed by atoms with Crippen LogP contribution in [0.25, 0.3) is 0 Å². The van der Waals surface area contributed by atoms with Crippen LogP contribution in [-0.2, 0) is 0 Å². The van der Waals surface area contributed by atoms with Crippen molar-refractivity contribution in [3.63, 3.8) is 0 Å². The highest BCUT2D eigenvalue weighted by atomic mass is 35.5. The number of nitrogens with one attached hydrogen (secondary N) is 1. The number of carbonyl (C=O) groups excluding carboxylic acids is 1. The Bertz CT molecular complexity index is 891. The van der Waals surface area contributed by atoms with Gasteiger partial charge in [-0.3, -0.25) is 9.91 Å². The summed E-state index contributed by atoms with van der Waals surface area (Å²) < 4.78 is 5.79. The first-order valence-corrected chi connectivity index (χ1v) is 12.3. The molecular weight excluding hydrogens is 438 g/mol. The highest BCUT2D eigenvalue weighted by molar-refractivity contribution is 6.30. The van der Waals surface area contributed by atoms with Gasteiger partial charge in [-0.15, -0.1) is 0 Å². The summed E-state index contributed by atoms with van der Waals surface area (Å²) >= 11 is 6.14. The highest BCUT2D eigenvalue weighted by Gasteiger charge is 2.35. The molecule has 2 aromatic rings. The van der Waals surface area contributed by atoms with Crippen molar-refractivity contribution in [1.29, 1.82) is 0 Å². The van der Waals surface area contributed by atoms with Crippen molar-refractivity contribution in [2.24, 2.45) is 0 Å². The molecule has 0 saturated carbocycles. The number of hydrogen-bond acceptors (Lipinski definition) is 5. The molecule has 2 aromatic carbocycles. The van der Waals surface area contributed by atoms with Crippen molar-refractivity contribution in [2.45, 2.75) is 25.9 Å². The maximum atomic E-state index is 12.9. The second-order valence-electron chi connectivity index (χ2n) is 8.50. The van der Waals surface area contributed by atoms with E-state index in [1.54, 1.807) is 5.01 Å². The minimum absolute atomic E-state index is 0.0260. The lowest BCUT2D eigenvalue weighted by Crippen LogP contribution is -2.47.